The second kappa shape index (κ2) is 7.80. The Hall–Kier alpha value is -2.07. The number of aryl methyl sites for hydroxylation is 1. The standard InChI is InChI=1S/C18H18BrNO2/c1-3-22-18(21)12-17(14-7-5-4-6-8-14)20-15-9-10-16(19)13(2)11-15/h4-12,20H,3H2,1-2H3/b17-12-. The lowest BCUT2D eigenvalue weighted by molar-refractivity contribution is -0.137. The van der Waals surface area contributed by atoms with E-state index in [1.54, 1.807) is 6.92 Å². The number of esters is 1. The van der Waals surface area contributed by atoms with Gasteiger partial charge in [-0.3, -0.25) is 0 Å². The lowest BCUT2D eigenvalue weighted by Crippen LogP contribution is -2.06. The van der Waals surface area contributed by atoms with Crippen LogP contribution in [-0.4, -0.2) is 12.6 Å². The Morgan fingerprint density at radius 3 is 2.59 bits per heavy atom. The van der Waals surface area contributed by atoms with E-state index in [-0.39, 0.29) is 5.97 Å². The smallest absolute Gasteiger partial charge is 0.332 e. The molecule has 2 aromatic rings. The summed E-state index contributed by atoms with van der Waals surface area (Å²) in [4.78, 5) is 11.8. The van der Waals surface area contributed by atoms with Crippen molar-refractivity contribution >= 4 is 33.3 Å². The van der Waals surface area contributed by atoms with Crippen LogP contribution in [-0.2, 0) is 9.53 Å². The molecule has 0 heterocycles. The number of halogens is 1. The maximum absolute atomic E-state index is 11.8. The Kier molecular flexibility index (Phi) is 5.78. The number of hydrogen-bond acceptors (Lipinski definition) is 3. The van der Waals surface area contributed by atoms with E-state index in [0.717, 1.165) is 21.3 Å². The van der Waals surface area contributed by atoms with Crippen molar-refractivity contribution < 1.29 is 9.53 Å². The first-order valence-corrected chi connectivity index (χ1v) is 7.86. The summed E-state index contributed by atoms with van der Waals surface area (Å²) in [5.74, 6) is -0.359. The predicted octanol–water partition coefficient (Wildman–Crippen LogP) is 4.77. The van der Waals surface area contributed by atoms with E-state index in [2.05, 4.69) is 21.2 Å². The van der Waals surface area contributed by atoms with Gasteiger partial charge in [0.1, 0.15) is 0 Å². The first-order valence-electron chi connectivity index (χ1n) is 7.07. The van der Waals surface area contributed by atoms with Gasteiger partial charge in [-0.25, -0.2) is 4.79 Å². The van der Waals surface area contributed by atoms with Gasteiger partial charge in [0, 0.05) is 16.2 Å². The summed E-state index contributed by atoms with van der Waals surface area (Å²) in [6.07, 6.45) is 1.48. The van der Waals surface area contributed by atoms with Crippen LogP contribution in [0.1, 0.15) is 18.1 Å². The van der Waals surface area contributed by atoms with Crippen molar-refractivity contribution in [2.45, 2.75) is 13.8 Å². The average molecular weight is 360 g/mol. The van der Waals surface area contributed by atoms with E-state index in [1.807, 2.05) is 55.5 Å². The topological polar surface area (TPSA) is 38.3 Å². The van der Waals surface area contributed by atoms with Crippen molar-refractivity contribution in [1.82, 2.24) is 0 Å². The van der Waals surface area contributed by atoms with E-state index in [0.29, 0.717) is 12.3 Å². The van der Waals surface area contributed by atoms with Gasteiger partial charge in [-0.1, -0.05) is 46.3 Å². The molecule has 0 aliphatic rings. The molecule has 0 aromatic heterocycles. The number of ether oxygens (including phenoxy) is 1. The third-order valence-electron chi connectivity index (χ3n) is 3.07. The first kappa shape index (κ1) is 16.3. The van der Waals surface area contributed by atoms with Crippen LogP contribution >= 0.6 is 15.9 Å². The van der Waals surface area contributed by atoms with E-state index >= 15 is 0 Å². The molecule has 2 aromatic carbocycles. The summed E-state index contributed by atoms with van der Waals surface area (Å²) in [7, 11) is 0. The van der Waals surface area contributed by atoms with Gasteiger partial charge in [-0.15, -0.1) is 0 Å². The number of nitrogens with one attached hydrogen (secondary N) is 1. The predicted molar refractivity (Wildman–Crippen MR) is 93.6 cm³/mol. The van der Waals surface area contributed by atoms with Crippen molar-refractivity contribution in [3.05, 3.63) is 70.2 Å². The van der Waals surface area contributed by atoms with Crippen LogP contribution in [0.2, 0.25) is 0 Å². The molecule has 0 unspecified atom stereocenters. The second-order valence-corrected chi connectivity index (χ2v) is 5.62. The third kappa shape index (κ3) is 4.46. The molecule has 0 saturated heterocycles. The Bertz CT molecular complexity index is 681. The molecule has 0 spiro atoms. The van der Waals surface area contributed by atoms with Crippen LogP contribution in [0.5, 0.6) is 0 Å². The quantitative estimate of drug-likeness (QED) is 0.616. The lowest BCUT2D eigenvalue weighted by Gasteiger charge is -2.12. The Morgan fingerprint density at radius 2 is 1.95 bits per heavy atom. The number of carbonyl (C=O) groups is 1. The summed E-state index contributed by atoms with van der Waals surface area (Å²) in [6.45, 7) is 4.17. The highest BCUT2D eigenvalue weighted by Gasteiger charge is 2.07. The van der Waals surface area contributed by atoms with Crippen LogP contribution in [0.4, 0.5) is 5.69 Å². The van der Waals surface area contributed by atoms with Gasteiger partial charge in [-0.2, -0.15) is 0 Å². The number of carbonyl (C=O) groups excluding carboxylic acids is 1. The van der Waals surface area contributed by atoms with Gasteiger partial charge in [0.05, 0.1) is 12.3 Å². The minimum atomic E-state index is -0.359. The molecule has 0 fully saturated rings. The van der Waals surface area contributed by atoms with Crippen LogP contribution in [0, 0.1) is 6.92 Å². The minimum Gasteiger partial charge on any atom is -0.463 e. The zero-order valence-electron chi connectivity index (χ0n) is 12.6. The molecule has 0 amide bonds. The molecular formula is C18H18BrNO2. The monoisotopic (exact) mass is 359 g/mol. The van der Waals surface area contributed by atoms with E-state index < -0.39 is 0 Å². The molecule has 0 radical (unpaired) electrons. The fraction of sp³-hybridized carbons (Fsp3) is 0.167. The molecule has 2 rings (SSSR count). The maximum atomic E-state index is 11.8. The summed E-state index contributed by atoms with van der Waals surface area (Å²) < 4.78 is 6.06. The number of rotatable bonds is 5. The lowest BCUT2D eigenvalue weighted by atomic mass is 10.1. The Morgan fingerprint density at radius 1 is 1.23 bits per heavy atom. The van der Waals surface area contributed by atoms with E-state index in [1.165, 1.54) is 6.08 Å². The number of benzene rings is 2. The van der Waals surface area contributed by atoms with Gasteiger partial charge in [0.2, 0.25) is 0 Å². The number of hydrogen-bond donors (Lipinski definition) is 1. The fourth-order valence-corrected chi connectivity index (χ4v) is 2.24. The van der Waals surface area contributed by atoms with Crippen molar-refractivity contribution in [1.29, 1.82) is 0 Å². The second-order valence-electron chi connectivity index (χ2n) is 4.77. The SMILES string of the molecule is CCOC(=O)/C=C(\Nc1ccc(Br)c(C)c1)c1ccccc1. The van der Waals surface area contributed by atoms with Gasteiger partial charge >= 0.3 is 5.97 Å². The zero-order chi connectivity index (χ0) is 15.9. The fourth-order valence-electron chi connectivity index (χ4n) is 1.99. The highest BCUT2D eigenvalue weighted by atomic mass is 79.9. The van der Waals surface area contributed by atoms with Gasteiger partial charge in [0.25, 0.3) is 0 Å². The molecule has 22 heavy (non-hydrogen) atoms. The third-order valence-corrected chi connectivity index (χ3v) is 3.96. The molecular weight excluding hydrogens is 342 g/mol. The molecule has 1 N–H and O–H groups in total. The molecule has 0 aliphatic carbocycles. The van der Waals surface area contributed by atoms with E-state index in [9.17, 15) is 4.79 Å². The molecule has 3 nitrogen and oxygen atoms in total. The summed E-state index contributed by atoms with van der Waals surface area (Å²) in [5, 5.41) is 3.29. The normalized spacial score (nSPS) is 11.1. The van der Waals surface area contributed by atoms with Crippen molar-refractivity contribution in [3.8, 4) is 0 Å². The van der Waals surface area contributed by atoms with E-state index in [4.69, 9.17) is 4.74 Å². The molecule has 0 aliphatic heterocycles. The molecule has 4 heteroatoms. The number of anilines is 1. The summed E-state index contributed by atoms with van der Waals surface area (Å²) in [5.41, 5.74) is 3.67. The summed E-state index contributed by atoms with van der Waals surface area (Å²) >= 11 is 3.48. The molecule has 0 atom stereocenters. The Balaban J connectivity index is 2.32. The van der Waals surface area contributed by atoms with Crippen LogP contribution in [0.25, 0.3) is 5.70 Å². The molecule has 114 valence electrons. The molecule has 0 saturated carbocycles. The average Bonchev–Trinajstić information content (AvgIpc) is 2.51. The highest BCUT2D eigenvalue weighted by Crippen LogP contribution is 2.23. The highest BCUT2D eigenvalue weighted by molar-refractivity contribution is 9.10. The maximum Gasteiger partial charge on any atom is 0.332 e. The van der Waals surface area contributed by atoms with Gasteiger partial charge in [-0.05, 0) is 43.2 Å². The zero-order valence-corrected chi connectivity index (χ0v) is 14.2. The first-order chi connectivity index (χ1) is 10.6. The van der Waals surface area contributed by atoms with Crippen molar-refractivity contribution in [2.75, 3.05) is 11.9 Å². The largest absolute Gasteiger partial charge is 0.463 e. The van der Waals surface area contributed by atoms with Crippen LogP contribution in [0.3, 0.4) is 0 Å². The minimum absolute atomic E-state index is 0.356. The van der Waals surface area contributed by atoms with Gasteiger partial charge in [0.15, 0.2) is 0 Å². The Labute approximate surface area is 139 Å². The van der Waals surface area contributed by atoms with Crippen LogP contribution in [0.15, 0.2) is 59.1 Å². The van der Waals surface area contributed by atoms with Gasteiger partial charge < -0.3 is 10.1 Å². The summed E-state index contributed by atoms with van der Waals surface area (Å²) in [6, 6.07) is 15.7. The molecule has 0 bridgehead atoms. The van der Waals surface area contributed by atoms with Crippen molar-refractivity contribution in [2.24, 2.45) is 0 Å². The van der Waals surface area contributed by atoms with Crippen molar-refractivity contribution in [3.63, 3.8) is 0 Å². The van der Waals surface area contributed by atoms with Crippen LogP contribution < -0.4 is 5.32 Å².